The Morgan fingerprint density at radius 3 is 2.69 bits per heavy atom. The lowest BCUT2D eigenvalue weighted by Gasteiger charge is -2.52. The molecule has 3 nitrogen and oxygen atoms in total. The average molecular weight is 392 g/mol. The highest BCUT2D eigenvalue weighted by Crippen LogP contribution is 2.50. The van der Waals surface area contributed by atoms with E-state index in [9.17, 15) is 5.11 Å². The van der Waals surface area contributed by atoms with Crippen LogP contribution >= 0.6 is 0 Å². The maximum absolute atomic E-state index is 11.5. The topological polar surface area (TPSA) is 32.7 Å². The second kappa shape index (κ2) is 9.15. The molecule has 0 amide bonds. The summed E-state index contributed by atoms with van der Waals surface area (Å²) in [5, 5.41) is 11.5. The van der Waals surface area contributed by atoms with Gasteiger partial charge in [0.05, 0.1) is 12.2 Å². The fourth-order valence-electron chi connectivity index (χ4n) is 5.26. The Kier molecular flexibility index (Phi) is 6.37. The number of benzene rings is 2. The molecule has 4 rings (SSSR count). The molecule has 3 atom stereocenters. The highest BCUT2D eigenvalue weighted by molar-refractivity contribution is 5.49. The molecule has 2 aliphatic rings. The molecule has 0 spiro atoms. The Balaban J connectivity index is 1.63. The molecule has 1 saturated heterocycles. The fourth-order valence-corrected chi connectivity index (χ4v) is 5.26. The van der Waals surface area contributed by atoms with Crippen molar-refractivity contribution >= 4 is 6.08 Å². The number of hydrogen-bond donors (Lipinski definition) is 1. The Bertz CT molecular complexity index is 818. The third kappa shape index (κ3) is 4.41. The van der Waals surface area contributed by atoms with E-state index >= 15 is 0 Å². The number of hydrogen-bond acceptors (Lipinski definition) is 3. The number of rotatable bonds is 6. The van der Waals surface area contributed by atoms with Crippen molar-refractivity contribution in [3.05, 3.63) is 71.8 Å². The summed E-state index contributed by atoms with van der Waals surface area (Å²) in [4.78, 5) is 2.54. The second-order valence-corrected chi connectivity index (χ2v) is 8.43. The van der Waals surface area contributed by atoms with Crippen molar-refractivity contribution in [2.45, 2.75) is 50.7 Å². The molecule has 154 valence electrons. The van der Waals surface area contributed by atoms with Crippen LogP contribution in [0.1, 0.15) is 56.2 Å². The van der Waals surface area contributed by atoms with Gasteiger partial charge in [0.15, 0.2) is 0 Å². The molecule has 0 bridgehead atoms. The maximum atomic E-state index is 11.5. The summed E-state index contributed by atoms with van der Waals surface area (Å²) in [6, 6.07) is 19.1. The standard InChI is InChI=1S/C26H33NO2/c1-2-29-24-16-7-6-14-22(24)25-23-15-8-9-17-26(23,28)18-20-27(25)19-10-13-21-11-4-3-5-12-21/h3-7,10-14,16,23,25,28H,2,8-9,15,17-20H2,1H3/b13-10+/t23-,25-,26+/m0/s1. The Hall–Kier alpha value is -2.10. The van der Waals surface area contributed by atoms with Gasteiger partial charge < -0.3 is 9.84 Å². The van der Waals surface area contributed by atoms with Crippen LogP contribution in [0.2, 0.25) is 0 Å². The fraction of sp³-hybridized carbons (Fsp3) is 0.462. The molecule has 1 saturated carbocycles. The zero-order valence-corrected chi connectivity index (χ0v) is 17.5. The van der Waals surface area contributed by atoms with Crippen LogP contribution < -0.4 is 4.74 Å². The summed E-state index contributed by atoms with van der Waals surface area (Å²) in [6.45, 7) is 4.49. The molecular weight excluding hydrogens is 358 g/mol. The molecule has 2 aromatic carbocycles. The normalized spacial score (nSPS) is 27.7. The Morgan fingerprint density at radius 1 is 1.07 bits per heavy atom. The van der Waals surface area contributed by atoms with Crippen molar-refractivity contribution in [3.63, 3.8) is 0 Å². The minimum absolute atomic E-state index is 0.192. The average Bonchev–Trinajstić information content (AvgIpc) is 2.75. The lowest BCUT2D eigenvalue weighted by atomic mass is 9.66. The number of fused-ring (bicyclic) bond motifs is 1. The molecule has 2 aromatic rings. The van der Waals surface area contributed by atoms with Gasteiger partial charge in [-0.15, -0.1) is 0 Å². The first-order valence-electron chi connectivity index (χ1n) is 11.1. The molecule has 3 heteroatoms. The number of aliphatic hydroxyl groups is 1. The highest BCUT2D eigenvalue weighted by Gasteiger charge is 2.49. The summed E-state index contributed by atoms with van der Waals surface area (Å²) < 4.78 is 6.00. The first kappa shape index (κ1) is 20.2. The van der Waals surface area contributed by atoms with Crippen molar-refractivity contribution in [3.8, 4) is 5.75 Å². The Morgan fingerprint density at radius 2 is 1.86 bits per heavy atom. The van der Waals surface area contributed by atoms with Gasteiger partial charge in [-0.05, 0) is 37.8 Å². The molecule has 1 aliphatic carbocycles. The van der Waals surface area contributed by atoms with E-state index < -0.39 is 5.60 Å². The molecule has 0 aromatic heterocycles. The van der Waals surface area contributed by atoms with Crippen LogP contribution in [-0.4, -0.2) is 35.3 Å². The van der Waals surface area contributed by atoms with Crippen molar-refractivity contribution in [2.24, 2.45) is 5.92 Å². The SMILES string of the molecule is CCOc1ccccc1[C@H]1[C@@H]2CCCC[C@@]2(O)CCN1C/C=C/c1ccccc1. The molecule has 1 N–H and O–H groups in total. The van der Waals surface area contributed by atoms with Gasteiger partial charge in [0.25, 0.3) is 0 Å². The smallest absolute Gasteiger partial charge is 0.124 e. The highest BCUT2D eigenvalue weighted by atomic mass is 16.5. The second-order valence-electron chi connectivity index (χ2n) is 8.43. The van der Waals surface area contributed by atoms with E-state index in [0.29, 0.717) is 6.61 Å². The number of piperidine rings is 1. The van der Waals surface area contributed by atoms with Gasteiger partial charge in [0.1, 0.15) is 5.75 Å². The van der Waals surface area contributed by atoms with Crippen molar-refractivity contribution in [1.29, 1.82) is 0 Å². The van der Waals surface area contributed by atoms with E-state index in [-0.39, 0.29) is 12.0 Å². The van der Waals surface area contributed by atoms with Crippen molar-refractivity contribution in [2.75, 3.05) is 19.7 Å². The van der Waals surface area contributed by atoms with Crippen LogP contribution in [-0.2, 0) is 0 Å². The largest absolute Gasteiger partial charge is 0.494 e. The molecule has 29 heavy (non-hydrogen) atoms. The molecule has 0 radical (unpaired) electrons. The van der Waals surface area contributed by atoms with E-state index in [1.54, 1.807) is 0 Å². The molecule has 0 unspecified atom stereocenters. The van der Waals surface area contributed by atoms with Crippen molar-refractivity contribution < 1.29 is 9.84 Å². The molecule has 1 aliphatic heterocycles. The van der Waals surface area contributed by atoms with Gasteiger partial charge in [-0.3, -0.25) is 4.90 Å². The minimum Gasteiger partial charge on any atom is -0.494 e. The first-order valence-corrected chi connectivity index (χ1v) is 11.1. The van der Waals surface area contributed by atoms with E-state index in [1.165, 1.54) is 17.5 Å². The lowest BCUT2D eigenvalue weighted by Crippen LogP contribution is -2.54. The molecule has 2 fully saturated rings. The van der Waals surface area contributed by atoms with Crippen LogP contribution in [0, 0.1) is 5.92 Å². The van der Waals surface area contributed by atoms with Crippen LogP contribution in [0.4, 0.5) is 0 Å². The first-order chi connectivity index (χ1) is 14.2. The number of para-hydroxylation sites is 1. The predicted octanol–water partition coefficient (Wildman–Crippen LogP) is 5.47. The number of ether oxygens (including phenoxy) is 1. The van der Waals surface area contributed by atoms with Crippen LogP contribution in [0.25, 0.3) is 6.08 Å². The number of nitrogens with zero attached hydrogens (tertiary/aromatic N) is 1. The van der Waals surface area contributed by atoms with Crippen molar-refractivity contribution in [1.82, 2.24) is 4.90 Å². The van der Waals surface area contributed by atoms with E-state index in [2.05, 4.69) is 59.5 Å². The van der Waals surface area contributed by atoms with Gasteiger partial charge in [0, 0.05) is 30.6 Å². The monoisotopic (exact) mass is 391 g/mol. The lowest BCUT2D eigenvalue weighted by molar-refractivity contribution is -0.122. The zero-order chi connectivity index (χ0) is 20.1. The van der Waals surface area contributed by atoms with Gasteiger partial charge in [-0.2, -0.15) is 0 Å². The quantitative estimate of drug-likeness (QED) is 0.709. The van der Waals surface area contributed by atoms with Crippen LogP contribution in [0.5, 0.6) is 5.75 Å². The minimum atomic E-state index is -0.540. The van der Waals surface area contributed by atoms with Gasteiger partial charge in [-0.25, -0.2) is 0 Å². The summed E-state index contributed by atoms with van der Waals surface area (Å²) >= 11 is 0. The predicted molar refractivity (Wildman–Crippen MR) is 119 cm³/mol. The van der Waals surface area contributed by atoms with Gasteiger partial charge in [-0.1, -0.05) is 73.5 Å². The Labute approximate surface area is 175 Å². The van der Waals surface area contributed by atoms with Gasteiger partial charge in [0.2, 0.25) is 0 Å². The van der Waals surface area contributed by atoms with Gasteiger partial charge >= 0.3 is 0 Å². The third-order valence-electron chi connectivity index (χ3n) is 6.66. The van der Waals surface area contributed by atoms with E-state index in [4.69, 9.17) is 4.74 Å². The maximum Gasteiger partial charge on any atom is 0.124 e. The molecule has 1 heterocycles. The molecular formula is C26H33NO2. The van der Waals surface area contributed by atoms with Crippen LogP contribution in [0.15, 0.2) is 60.7 Å². The summed E-state index contributed by atoms with van der Waals surface area (Å²) in [6.07, 6.45) is 9.68. The zero-order valence-electron chi connectivity index (χ0n) is 17.5. The summed E-state index contributed by atoms with van der Waals surface area (Å²) in [7, 11) is 0. The summed E-state index contributed by atoms with van der Waals surface area (Å²) in [5.41, 5.74) is 1.92. The van der Waals surface area contributed by atoms with Crippen LogP contribution in [0.3, 0.4) is 0 Å². The van der Waals surface area contributed by atoms with E-state index in [0.717, 1.165) is 44.5 Å². The number of likely N-dealkylation sites (tertiary alicyclic amines) is 1. The third-order valence-corrected chi connectivity index (χ3v) is 6.66. The van der Waals surface area contributed by atoms with E-state index in [1.807, 2.05) is 19.1 Å². The summed E-state index contributed by atoms with van der Waals surface area (Å²) in [5.74, 6) is 1.23.